The summed E-state index contributed by atoms with van der Waals surface area (Å²) in [5.41, 5.74) is 0.310. The average Bonchev–Trinajstić information content (AvgIpc) is 2.61. The van der Waals surface area contributed by atoms with Gasteiger partial charge in [-0.3, -0.25) is 9.59 Å². The van der Waals surface area contributed by atoms with E-state index in [1.54, 1.807) is 20.0 Å². The molecule has 27 heavy (non-hydrogen) atoms. The number of benzene rings is 1. The van der Waals surface area contributed by atoms with Crippen LogP contribution < -0.4 is 20.1 Å². The number of amides is 2. The number of halogens is 2. The molecule has 2 aromatic rings. The quantitative estimate of drug-likeness (QED) is 0.728. The van der Waals surface area contributed by atoms with E-state index in [9.17, 15) is 18.4 Å². The smallest absolute Gasteiger partial charge is 0.266 e. The van der Waals surface area contributed by atoms with E-state index in [2.05, 4.69) is 20.6 Å². The number of carbonyl (C=O) groups excluding carboxylic acids is 2. The molecule has 1 unspecified atom stereocenters. The number of anilines is 2. The molecule has 0 aliphatic carbocycles. The van der Waals surface area contributed by atoms with Crippen molar-refractivity contribution in [2.75, 3.05) is 17.2 Å². The molecule has 0 bridgehead atoms. The Morgan fingerprint density at radius 1 is 1.19 bits per heavy atom. The lowest BCUT2D eigenvalue weighted by Gasteiger charge is -2.21. The van der Waals surface area contributed by atoms with Gasteiger partial charge in [0.2, 0.25) is 5.82 Å². The van der Waals surface area contributed by atoms with Gasteiger partial charge in [0.25, 0.3) is 11.8 Å². The molecule has 8 nitrogen and oxygen atoms in total. The van der Waals surface area contributed by atoms with Crippen LogP contribution in [0.15, 0.2) is 12.3 Å². The maximum Gasteiger partial charge on any atom is 0.266 e. The number of aryl methyl sites for hydroxylation is 2. The van der Waals surface area contributed by atoms with E-state index in [1.165, 1.54) is 13.0 Å². The number of carbonyl (C=O) groups is 2. The number of rotatable bonds is 0. The molecular weight excluding hydrogens is 362 g/mol. The topological polar surface area (TPSA) is 102 Å². The molecule has 4 rings (SSSR count). The first kappa shape index (κ1) is 18.5. The highest BCUT2D eigenvalue weighted by Gasteiger charge is 2.25. The molecule has 2 aliphatic rings. The van der Waals surface area contributed by atoms with Crippen LogP contribution in [-0.2, 0) is 9.59 Å². The molecule has 0 fully saturated rings. The van der Waals surface area contributed by atoms with E-state index in [-0.39, 0.29) is 35.4 Å². The summed E-state index contributed by atoms with van der Waals surface area (Å²) in [6, 6.07) is 1.34. The molecule has 1 aromatic heterocycles. The molecule has 1 aromatic carbocycles. The standard InChI is InChI=1S/C9H7F2NO2.C8H9N3O2/c1-4-2-5-9(8(11)7(4)10)14-3-6(13)12-5;1-4-8(12)11-7-6(13-4)3-9-5(2)10-7/h2H,3H2,1H3,(H,12,13);3-4H,1-2H3,(H,9,10,11,12). The van der Waals surface area contributed by atoms with Crippen molar-refractivity contribution in [1.29, 1.82) is 0 Å². The van der Waals surface area contributed by atoms with Crippen molar-refractivity contribution >= 4 is 23.3 Å². The van der Waals surface area contributed by atoms with Gasteiger partial charge in [0.05, 0.1) is 11.9 Å². The van der Waals surface area contributed by atoms with Gasteiger partial charge in [0, 0.05) is 0 Å². The van der Waals surface area contributed by atoms with Crippen LogP contribution in [0.25, 0.3) is 0 Å². The number of hydrogen-bond acceptors (Lipinski definition) is 6. The van der Waals surface area contributed by atoms with Gasteiger partial charge < -0.3 is 20.1 Å². The molecule has 2 N–H and O–H groups in total. The number of nitrogens with one attached hydrogen (secondary N) is 2. The second-order valence-electron chi connectivity index (χ2n) is 5.91. The summed E-state index contributed by atoms with van der Waals surface area (Å²) in [6.45, 7) is 4.56. The minimum atomic E-state index is -1.06. The van der Waals surface area contributed by atoms with Gasteiger partial charge in [-0.2, -0.15) is 4.39 Å². The lowest BCUT2D eigenvalue weighted by Crippen LogP contribution is -2.35. The molecule has 2 amide bonds. The molecule has 0 spiro atoms. The van der Waals surface area contributed by atoms with Crippen molar-refractivity contribution in [2.24, 2.45) is 0 Å². The van der Waals surface area contributed by atoms with E-state index in [0.717, 1.165) is 0 Å². The number of fused-ring (bicyclic) bond motifs is 2. The Balaban J connectivity index is 0.000000156. The van der Waals surface area contributed by atoms with Crippen molar-refractivity contribution < 1.29 is 27.8 Å². The second-order valence-corrected chi connectivity index (χ2v) is 5.91. The molecule has 3 heterocycles. The first-order valence-corrected chi connectivity index (χ1v) is 7.98. The Morgan fingerprint density at radius 2 is 1.93 bits per heavy atom. The Hall–Kier alpha value is -3.30. The summed E-state index contributed by atoms with van der Waals surface area (Å²) < 4.78 is 36.3. The minimum absolute atomic E-state index is 0.132. The molecule has 10 heteroatoms. The third-order valence-corrected chi connectivity index (χ3v) is 3.76. The van der Waals surface area contributed by atoms with Crippen LogP contribution in [0.2, 0.25) is 0 Å². The molecule has 0 saturated carbocycles. The molecule has 0 saturated heterocycles. The average molecular weight is 378 g/mol. The van der Waals surface area contributed by atoms with Crippen LogP contribution in [0.1, 0.15) is 18.3 Å². The van der Waals surface area contributed by atoms with Crippen molar-refractivity contribution in [1.82, 2.24) is 9.97 Å². The van der Waals surface area contributed by atoms with Crippen LogP contribution in [-0.4, -0.2) is 34.5 Å². The highest BCUT2D eigenvalue weighted by Crippen LogP contribution is 2.33. The largest absolute Gasteiger partial charge is 0.478 e. The summed E-state index contributed by atoms with van der Waals surface area (Å²) in [6.07, 6.45) is 1.09. The Morgan fingerprint density at radius 3 is 2.67 bits per heavy atom. The third kappa shape index (κ3) is 3.78. The van der Waals surface area contributed by atoms with Gasteiger partial charge >= 0.3 is 0 Å². The lowest BCUT2D eigenvalue weighted by atomic mass is 10.1. The summed E-state index contributed by atoms with van der Waals surface area (Å²) in [5.74, 6) is -1.19. The fourth-order valence-electron chi connectivity index (χ4n) is 2.39. The van der Waals surface area contributed by atoms with Crippen molar-refractivity contribution in [3.05, 3.63) is 35.3 Å². The first-order chi connectivity index (χ1) is 12.8. The first-order valence-electron chi connectivity index (χ1n) is 7.98. The normalized spacial score (nSPS) is 17.1. The number of hydrogen-bond donors (Lipinski definition) is 2. The number of aromatic nitrogens is 2. The van der Waals surface area contributed by atoms with Crippen molar-refractivity contribution in [3.8, 4) is 11.5 Å². The number of nitrogens with zero attached hydrogens (tertiary/aromatic N) is 2. The fourth-order valence-corrected chi connectivity index (χ4v) is 2.39. The van der Waals surface area contributed by atoms with E-state index in [4.69, 9.17) is 9.47 Å². The van der Waals surface area contributed by atoms with Gasteiger partial charge in [-0.15, -0.1) is 0 Å². The van der Waals surface area contributed by atoms with Gasteiger partial charge in [-0.1, -0.05) is 0 Å². The monoisotopic (exact) mass is 378 g/mol. The maximum atomic E-state index is 13.2. The summed E-state index contributed by atoms with van der Waals surface area (Å²) in [4.78, 5) is 30.0. The molecule has 0 radical (unpaired) electrons. The third-order valence-electron chi connectivity index (χ3n) is 3.76. The van der Waals surface area contributed by atoms with Crippen molar-refractivity contribution in [2.45, 2.75) is 26.9 Å². The summed E-state index contributed by atoms with van der Waals surface area (Å²) in [5, 5.41) is 5.03. The van der Waals surface area contributed by atoms with Crippen LogP contribution >= 0.6 is 0 Å². The zero-order valence-corrected chi connectivity index (χ0v) is 14.7. The van der Waals surface area contributed by atoms with E-state index in [1.807, 2.05) is 0 Å². The zero-order valence-electron chi connectivity index (χ0n) is 14.7. The van der Waals surface area contributed by atoms with E-state index >= 15 is 0 Å². The van der Waals surface area contributed by atoms with Crippen molar-refractivity contribution in [3.63, 3.8) is 0 Å². The predicted octanol–water partition coefficient (Wildman–Crippen LogP) is 2.11. The summed E-state index contributed by atoms with van der Waals surface area (Å²) in [7, 11) is 0. The highest BCUT2D eigenvalue weighted by atomic mass is 19.2. The van der Waals surface area contributed by atoms with Gasteiger partial charge in [0.1, 0.15) is 5.82 Å². The maximum absolute atomic E-state index is 13.2. The van der Waals surface area contributed by atoms with Crippen LogP contribution in [0.5, 0.6) is 11.5 Å². The Kier molecular flexibility index (Phi) is 4.89. The SMILES string of the molecule is Cc1cc2c(c(F)c1F)OCC(=O)N2.Cc1ncc2c(n1)NC(=O)C(C)O2. The van der Waals surface area contributed by atoms with Gasteiger partial charge in [-0.25, -0.2) is 14.4 Å². The van der Waals surface area contributed by atoms with Crippen LogP contribution in [0.4, 0.5) is 20.3 Å². The van der Waals surface area contributed by atoms with Crippen LogP contribution in [0, 0.1) is 25.5 Å². The predicted molar refractivity (Wildman–Crippen MR) is 90.7 cm³/mol. The molecule has 2 aliphatic heterocycles. The van der Waals surface area contributed by atoms with E-state index < -0.39 is 17.7 Å². The van der Waals surface area contributed by atoms with Crippen LogP contribution in [0.3, 0.4) is 0 Å². The van der Waals surface area contributed by atoms with Gasteiger partial charge in [-0.05, 0) is 32.4 Å². The van der Waals surface area contributed by atoms with E-state index in [0.29, 0.717) is 17.4 Å². The minimum Gasteiger partial charge on any atom is -0.478 e. The highest BCUT2D eigenvalue weighted by molar-refractivity contribution is 5.96. The zero-order chi connectivity index (χ0) is 19.7. The Labute approximate surface area is 152 Å². The Bertz CT molecular complexity index is 936. The fraction of sp³-hybridized carbons (Fsp3) is 0.294. The lowest BCUT2D eigenvalue weighted by molar-refractivity contribution is -0.122. The van der Waals surface area contributed by atoms with Gasteiger partial charge in [0.15, 0.2) is 35.8 Å². The second kappa shape index (κ2) is 7.14. The molecule has 142 valence electrons. The summed E-state index contributed by atoms with van der Waals surface area (Å²) >= 11 is 0. The number of ether oxygens (including phenoxy) is 2. The molecule has 1 atom stereocenters. The molecular formula is C17H16F2N4O4.